The Morgan fingerprint density at radius 2 is 2.40 bits per heavy atom. The summed E-state index contributed by atoms with van der Waals surface area (Å²) in [4.78, 5) is 7.74. The lowest BCUT2D eigenvalue weighted by atomic mass is 10.4. The molecule has 0 spiro atoms. The van der Waals surface area contributed by atoms with Crippen LogP contribution in [0.1, 0.15) is 5.82 Å². The van der Waals surface area contributed by atoms with Crippen molar-refractivity contribution in [1.82, 2.24) is 30.6 Å². The largest absolute Gasteiger partial charge is 0.369 e. The van der Waals surface area contributed by atoms with Gasteiger partial charge in [0, 0.05) is 19.2 Å². The Balaban J connectivity index is 1.83. The highest BCUT2D eigenvalue weighted by atomic mass is 35.5. The molecule has 0 unspecified atom stereocenters. The van der Waals surface area contributed by atoms with Crippen LogP contribution in [0.5, 0.6) is 0 Å². The van der Waals surface area contributed by atoms with Gasteiger partial charge < -0.3 is 5.32 Å². The van der Waals surface area contributed by atoms with E-state index in [-0.39, 0.29) is 5.28 Å². The third kappa shape index (κ3) is 2.84. The summed E-state index contributed by atoms with van der Waals surface area (Å²) in [5.41, 5.74) is 0. The van der Waals surface area contributed by atoms with Gasteiger partial charge in [0.1, 0.15) is 5.82 Å². The fourth-order valence-corrected chi connectivity index (χ4v) is 1.17. The SMILES string of the molecule is Clc1nccc(NCCc2nn[nH]n2)n1. The van der Waals surface area contributed by atoms with E-state index < -0.39 is 0 Å². The third-order valence-corrected chi connectivity index (χ3v) is 1.85. The number of rotatable bonds is 4. The molecule has 2 aromatic rings. The molecule has 0 aliphatic carbocycles. The van der Waals surface area contributed by atoms with Crippen molar-refractivity contribution in [2.75, 3.05) is 11.9 Å². The lowest BCUT2D eigenvalue weighted by Crippen LogP contribution is -2.07. The van der Waals surface area contributed by atoms with Gasteiger partial charge in [-0.05, 0) is 17.7 Å². The first-order chi connectivity index (χ1) is 7.34. The van der Waals surface area contributed by atoms with Crippen molar-refractivity contribution in [2.24, 2.45) is 0 Å². The molecule has 2 aromatic heterocycles. The minimum Gasteiger partial charge on any atom is -0.369 e. The fourth-order valence-electron chi connectivity index (χ4n) is 1.02. The van der Waals surface area contributed by atoms with Crippen LogP contribution >= 0.6 is 11.6 Å². The van der Waals surface area contributed by atoms with Gasteiger partial charge >= 0.3 is 0 Å². The number of hydrogen-bond acceptors (Lipinski definition) is 6. The molecule has 2 N–H and O–H groups in total. The van der Waals surface area contributed by atoms with Crippen molar-refractivity contribution in [2.45, 2.75) is 6.42 Å². The average molecular weight is 226 g/mol. The average Bonchev–Trinajstić information content (AvgIpc) is 2.71. The molecule has 78 valence electrons. The topological polar surface area (TPSA) is 92.3 Å². The van der Waals surface area contributed by atoms with E-state index in [4.69, 9.17) is 11.6 Å². The van der Waals surface area contributed by atoms with E-state index in [0.717, 1.165) is 0 Å². The number of nitrogens with one attached hydrogen (secondary N) is 2. The molecule has 8 heteroatoms. The molecule has 0 bridgehead atoms. The highest BCUT2D eigenvalue weighted by Crippen LogP contribution is 2.05. The highest BCUT2D eigenvalue weighted by molar-refractivity contribution is 6.28. The van der Waals surface area contributed by atoms with Crippen molar-refractivity contribution in [3.8, 4) is 0 Å². The predicted molar refractivity (Wildman–Crippen MR) is 53.4 cm³/mol. The summed E-state index contributed by atoms with van der Waals surface area (Å²) in [5.74, 6) is 1.33. The summed E-state index contributed by atoms with van der Waals surface area (Å²) < 4.78 is 0. The van der Waals surface area contributed by atoms with Gasteiger partial charge in [-0.15, -0.1) is 10.2 Å². The highest BCUT2D eigenvalue weighted by Gasteiger charge is 1.99. The maximum Gasteiger partial charge on any atom is 0.224 e. The van der Waals surface area contributed by atoms with Gasteiger partial charge in [0.2, 0.25) is 5.28 Å². The van der Waals surface area contributed by atoms with E-state index in [2.05, 4.69) is 35.9 Å². The van der Waals surface area contributed by atoms with Gasteiger partial charge in [-0.3, -0.25) is 0 Å². The Kier molecular flexibility index (Phi) is 3.03. The van der Waals surface area contributed by atoms with E-state index in [1.54, 1.807) is 12.3 Å². The number of H-pyrrole nitrogens is 1. The molecule has 2 rings (SSSR count). The summed E-state index contributed by atoms with van der Waals surface area (Å²) in [5, 5.41) is 16.8. The van der Waals surface area contributed by atoms with Gasteiger partial charge in [0.15, 0.2) is 5.82 Å². The number of hydrogen-bond donors (Lipinski definition) is 2. The van der Waals surface area contributed by atoms with Crippen molar-refractivity contribution in [1.29, 1.82) is 0 Å². The normalized spacial score (nSPS) is 10.2. The van der Waals surface area contributed by atoms with Gasteiger partial charge in [-0.2, -0.15) is 5.21 Å². The van der Waals surface area contributed by atoms with Gasteiger partial charge in [-0.1, -0.05) is 5.21 Å². The molecule has 0 saturated carbocycles. The summed E-state index contributed by atoms with van der Waals surface area (Å²) >= 11 is 5.62. The molecule has 0 aliphatic rings. The Bertz CT molecular complexity index is 415. The van der Waals surface area contributed by atoms with Gasteiger partial charge in [-0.25, -0.2) is 9.97 Å². The summed E-state index contributed by atoms with van der Waals surface area (Å²) in [6.45, 7) is 0.660. The second kappa shape index (κ2) is 4.65. The van der Waals surface area contributed by atoms with Crippen molar-refractivity contribution in [3.05, 3.63) is 23.4 Å². The molecule has 0 fully saturated rings. The quantitative estimate of drug-likeness (QED) is 0.727. The smallest absolute Gasteiger partial charge is 0.224 e. The van der Waals surface area contributed by atoms with Crippen molar-refractivity contribution < 1.29 is 0 Å². The second-order valence-corrected chi connectivity index (χ2v) is 3.05. The lowest BCUT2D eigenvalue weighted by molar-refractivity contribution is 0.881. The zero-order chi connectivity index (χ0) is 10.5. The number of aromatic nitrogens is 6. The molecule has 0 aliphatic heterocycles. The van der Waals surface area contributed by atoms with Gasteiger partial charge in [0.25, 0.3) is 0 Å². The van der Waals surface area contributed by atoms with Crippen LogP contribution in [0.2, 0.25) is 5.28 Å². The van der Waals surface area contributed by atoms with E-state index >= 15 is 0 Å². The Labute approximate surface area is 90.3 Å². The third-order valence-electron chi connectivity index (χ3n) is 1.67. The molecule has 0 saturated heterocycles. The van der Waals surface area contributed by atoms with Crippen molar-refractivity contribution >= 4 is 17.4 Å². The maximum atomic E-state index is 5.62. The van der Waals surface area contributed by atoms with Crippen LogP contribution < -0.4 is 5.32 Å². The van der Waals surface area contributed by atoms with Crippen LogP contribution in [0.3, 0.4) is 0 Å². The number of halogens is 1. The van der Waals surface area contributed by atoms with Crippen molar-refractivity contribution in [3.63, 3.8) is 0 Å². The number of anilines is 1. The zero-order valence-electron chi connectivity index (χ0n) is 7.68. The first kappa shape index (κ1) is 9.78. The van der Waals surface area contributed by atoms with Crippen LogP contribution in [0, 0.1) is 0 Å². The minimum atomic E-state index is 0.222. The lowest BCUT2D eigenvalue weighted by Gasteiger charge is -2.02. The Hall–Kier alpha value is -1.76. The summed E-state index contributed by atoms with van der Waals surface area (Å²) in [6, 6.07) is 1.74. The van der Waals surface area contributed by atoms with E-state index in [9.17, 15) is 0 Å². The molecular weight excluding hydrogens is 218 g/mol. The Morgan fingerprint density at radius 1 is 1.47 bits per heavy atom. The second-order valence-electron chi connectivity index (χ2n) is 2.72. The van der Waals surface area contributed by atoms with E-state index in [1.807, 2.05) is 0 Å². The van der Waals surface area contributed by atoms with Crippen LogP contribution in [0.4, 0.5) is 5.82 Å². The molecule has 7 nitrogen and oxygen atoms in total. The molecule has 0 aromatic carbocycles. The first-order valence-electron chi connectivity index (χ1n) is 4.29. The summed E-state index contributed by atoms with van der Waals surface area (Å²) in [7, 11) is 0. The summed E-state index contributed by atoms with van der Waals surface area (Å²) in [6.07, 6.45) is 2.25. The maximum absolute atomic E-state index is 5.62. The molecule has 2 heterocycles. The van der Waals surface area contributed by atoms with Crippen LogP contribution in [0.15, 0.2) is 12.3 Å². The van der Waals surface area contributed by atoms with Crippen LogP contribution in [0.25, 0.3) is 0 Å². The van der Waals surface area contributed by atoms with E-state index in [1.165, 1.54) is 0 Å². The molecular formula is C7H8ClN7. The van der Waals surface area contributed by atoms with Gasteiger partial charge in [0.05, 0.1) is 0 Å². The predicted octanol–water partition coefficient (Wildman–Crippen LogP) is 0.298. The van der Waals surface area contributed by atoms with Crippen LogP contribution in [-0.4, -0.2) is 37.1 Å². The molecule has 0 atom stereocenters. The monoisotopic (exact) mass is 225 g/mol. The number of tetrazole rings is 1. The Morgan fingerprint density at radius 3 is 3.13 bits per heavy atom. The van der Waals surface area contributed by atoms with Crippen LogP contribution in [-0.2, 0) is 6.42 Å². The fraction of sp³-hybridized carbons (Fsp3) is 0.286. The van der Waals surface area contributed by atoms with E-state index in [0.29, 0.717) is 24.6 Å². The molecule has 0 amide bonds. The molecule has 15 heavy (non-hydrogen) atoms. The standard InChI is InChI=1S/C7H8ClN7/c8-7-10-4-1-5(11-7)9-3-2-6-12-14-15-13-6/h1,4H,2-3H2,(H,9,10,11)(H,12,13,14,15). The molecule has 0 radical (unpaired) electrons. The first-order valence-corrected chi connectivity index (χ1v) is 4.67. The zero-order valence-corrected chi connectivity index (χ0v) is 8.44. The number of nitrogens with zero attached hydrogens (tertiary/aromatic N) is 5. The number of aromatic amines is 1. The minimum absolute atomic E-state index is 0.222.